The summed E-state index contributed by atoms with van der Waals surface area (Å²) in [7, 11) is 0.449. The minimum absolute atomic E-state index is 0.425. The summed E-state index contributed by atoms with van der Waals surface area (Å²) < 4.78 is 26.2. The Labute approximate surface area is 283 Å². The topological polar surface area (TPSA) is 112 Å². The number of nitrogens with zero attached hydrogens (tertiary/aromatic N) is 1. The SMILES string of the molecule is CCCCCCCCCCCCCCCC[N+](C)(C)Cc1ccccc1.O=C([O-])c1ccccc1S(=O)(=O)c1ccccc1C(=O)O. The van der Waals surface area contributed by atoms with E-state index in [0.717, 1.165) is 35.3 Å². The van der Waals surface area contributed by atoms with Crippen molar-refractivity contribution in [2.24, 2.45) is 0 Å². The highest BCUT2D eigenvalue weighted by atomic mass is 32.2. The van der Waals surface area contributed by atoms with Gasteiger partial charge in [0.25, 0.3) is 0 Å². The van der Waals surface area contributed by atoms with Crippen LogP contribution in [-0.4, -0.2) is 50.6 Å². The molecule has 0 heterocycles. The van der Waals surface area contributed by atoms with Crippen molar-refractivity contribution in [3.8, 4) is 0 Å². The number of unbranched alkanes of at least 4 members (excludes halogenated alkanes) is 13. The zero-order valence-corrected chi connectivity index (χ0v) is 29.5. The second kappa shape index (κ2) is 21.4. The highest BCUT2D eigenvalue weighted by Gasteiger charge is 2.26. The highest BCUT2D eigenvalue weighted by molar-refractivity contribution is 7.91. The molecular weight excluding hydrogens is 610 g/mol. The standard InChI is InChI=1S/C25H46N.C14H10O6S/c1-4-5-6-7-8-9-10-11-12-13-14-15-16-20-23-26(2,3)24-25-21-18-17-19-22-25;15-13(16)9-5-1-3-7-11(9)21(19,20)12-8-4-2-6-10(12)14(17)18/h17-19,21-22H,4-16,20,23-24H2,1-3H3;1-8H,(H,15,16)(H,17,18)/q+1;/p-1. The lowest BCUT2D eigenvalue weighted by Crippen LogP contribution is -2.39. The number of carboxylic acids is 2. The molecule has 258 valence electrons. The van der Waals surface area contributed by atoms with Gasteiger partial charge in [-0.3, -0.25) is 0 Å². The van der Waals surface area contributed by atoms with Crippen LogP contribution in [0.5, 0.6) is 0 Å². The number of hydrogen-bond acceptors (Lipinski definition) is 5. The van der Waals surface area contributed by atoms with Crippen LogP contribution in [0, 0.1) is 0 Å². The molecule has 0 amide bonds. The molecule has 0 aliphatic rings. The second-order valence-corrected chi connectivity index (χ2v) is 14.9. The van der Waals surface area contributed by atoms with Crippen LogP contribution in [0.15, 0.2) is 88.7 Å². The van der Waals surface area contributed by atoms with Crippen LogP contribution in [0.2, 0.25) is 0 Å². The summed E-state index contributed by atoms with van der Waals surface area (Å²) in [4.78, 5) is 21.2. The number of sulfone groups is 1. The first-order valence-electron chi connectivity index (χ1n) is 17.2. The Morgan fingerprint density at radius 2 is 1.02 bits per heavy atom. The predicted octanol–water partition coefficient (Wildman–Crippen LogP) is 8.33. The van der Waals surface area contributed by atoms with E-state index in [9.17, 15) is 23.1 Å². The fourth-order valence-corrected chi connectivity index (χ4v) is 7.39. The van der Waals surface area contributed by atoms with Crippen LogP contribution in [0.1, 0.15) is 123 Å². The normalized spacial score (nSPS) is 11.5. The van der Waals surface area contributed by atoms with Crippen molar-refractivity contribution in [2.75, 3.05) is 20.6 Å². The van der Waals surface area contributed by atoms with Crippen molar-refractivity contribution < 1.29 is 32.7 Å². The molecule has 3 rings (SSSR count). The highest BCUT2D eigenvalue weighted by Crippen LogP contribution is 2.26. The van der Waals surface area contributed by atoms with Gasteiger partial charge >= 0.3 is 5.97 Å². The molecule has 0 spiro atoms. The molecule has 0 bridgehead atoms. The van der Waals surface area contributed by atoms with Gasteiger partial charge in [-0.2, -0.15) is 0 Å². The Bertz CT molecular complexity index is 1390. The molecule has 0 fully saturated rings. The van der Waals surface area contributed by atoms with Crippen LogP contribution in [0.3, 0.4) is 0 Å². The van der Waals surface area contributed by atoms with E-state index in [2.05, 4.69) is 51.4 Å². The fraction of sp³-hybridized carbons (Fsp3) is 0.487. The number of benzene rings is 3. The third kappa shape index (κ3) is 14.9. The van der Waals surface area contributed by atoms with Crippen molar-refractivity contribution >= 4 is 21.8 Å². The van der Waals surface area contributed by atoms with E-state index in [1.54, 1.807) is 0 Å². The number of carboxylic acid groups (broad SMARTS) is 2. The third-order valence-corrected chi connectivity index (χ3v) is 10.2. The number of aromatic carboxylic acids is 2. The Balaban J connectivity index is 0.000000333. The Morgan fingerprint density at radius 3 is 1.49 bits per heavy atom. The predicted molar refractivity (Wildman–Crippen MR) is 187 cm³/mol. The van der Waals surface area contributed by atoms with Crippen molar-refractivity contribution in [2.45, 2.75) is 113 Å². The summed E-state index contributed by atoms with van der Waals surface area (Å²) in [5.74, 6) is -3.07. The number of hydrogen-bond donors (Lipinski definition) is 1. The molecule has 1 N–H and O–H groups in total. The molecule has 0 aliphatic carbocycles. The van der Waals surface area contributed by atoms with Gasteiger partial charge in [0.1, 0.15) is 6.54 Å². The average molecular weight is 666 g/mol. The average Bonchev–Trinajstić information content (AvgIpc) is 3.05. The maximum Gasteiger partial charge on any atom is 0.337 e. The number of quaternary nitrogens is 1. The summed E-state index contributed by atoms with van der Waals surface area (Å²) in [5.41, 5.74) is 0.520. The van der Waals surface area contributed by atoms with Gasteiger partial charge < -0.3 is 19.5 Å². The largest absolute Gasteiger partial charge is 0.545 e. The van der Waals surface area contributed by atoms with Crippen LogP contribution in [-0.2, 0) is 16.4 Å². The van der Waals surface area contributed by atoms with Crippen LogP contribution >= 0.6 is 0 Å². The molecule has 0 unspecified atom stereocenters. The summed E-state index contributed by atoms with van der Waals surface area (Å²) in [6.45, 7) is 4.75. The molecule has 0 saturated carbocycles. The van der Waals surface area contributed by atoms with Gasteiger partial charge in [-0.05, 0) is 31.0 Å². The molecule has 0 saturated heterocycles. The van der Waals surface area contributed by atoms with Gasteiger partial charge in [0.2, 0.25) is 9.84 Å². The molecular formula is C39H55NO6S. The maximum atomic E-state index is 12.5. The zero-order valence-electron chi connectivity index (χ0n) is 28.7. The lowest BCUT2D eigenvalue weighted by atomic mass is 10.0. The zero-order chi connectivity index (χ0) is 34.5. The molecule has 8 heteroatoms. The van der Waals surface area contributed by atoms with Gasteiger partial charge in [-0.15, -0.1) is 0 Å². The molecule has 0 radical (unpaired) electrons. The van der Waals surface area contributed by atoms with Crippen LogP contribution < -0.4 is 5.11 Å². The number of carbonyl (C=O) groups excluding carboxylic acids is 1. The molecule has 47 heavy (non-hydrogen) atoms. The lowest BCUT2D eigenvalue weighted by molar-refractivity contribution is -0.903. The van der Waals surface area contributed by atoms with E-state index < -0.39 is 42.7 Å². The molecule has 7 nitrogen and oxygen atoms in total. The molecule has 3 aromatic rings. The fourth-order valence-electron chi connectivity index (χ4n) is 5.76. The first-order chi connectivity index (χ1) is 22.5. The van der Waals surface area contributed by atoms with E-state index in [-0.39, 0.29) is 0 Å². The number of rotatable bonds is 21. The van der Waals surface area contributed by atoms with E-state index in [4.69, 9.17) is 5.11 Å². The molecule has 3 aromatic carbocycles. The minimum atomic E-state index is -4.29. The molecule has 0 aliphatic heterocycles. The van der Waals surface area contributed by atoms with Crippen molar-refractivity contribution in [3.63, 3.8) is 0 Å². The van der Waals surface area contributed by atoms with E-state index in [1.807, 2.05) is 0 Å². The van der Waals surface area contributed by atoms with Crippen molar-refractivity contribution in [1.29, 1.82) is 0 Å². The summed E-state index contributed by atoms with van der Waals surface area (Å²) in [6.07, 6.45) is 20.2. The second-order valence-electron chi connectivity index (χ2n) is 13.0. The van der Waals surface area contributed by atoms with Crippen molar-refractivity contribution in [1.82, 2.24) is 0 Å². The lowest BCUT2D eigenvalue weighted by Gasteiger charge is -2.30. The first kappa shape index (κ1) is 39.7. The first-order valence-corrected chi connectivity index (χ1v) is 18.7. The summed E-state index contributed by atoms with van der Waals surface area (Å²) in [6, 6.07) is 20.8. The van der Waals surface area contributed by atoms with Crippen molar-refractivity contribution in [3.05, 3.63) is 95.6 Å². The Hall–Kier alpha value is -3.49. The van der Waals surface area contributed by atoms with Crippen LogP contribution in [0.4, 0.5) is 0 Å². The van der Waals surface area contributed by atoms with Gasteiger partial charge in [0.15, 0.2) is 0 Å². The molecule has 0 atom stereocenters. The van der Waals surface area contributed by atoms with E-state index in [0.29, 0.717) is 0 Å². The summed E-state index contributed by atoms with van der Waals surface area (Å²) >= 11 is 0. The monoisotopic (exact) mass is 665 g/mol. The van der Waals surface area contributed by atoms with Crippen LogP contribution in [0.25, 0.3) is 0 Å². The van der Waals surface area contributed by atoms with E-state index >= 15 is 0 Å². The van der Waals surface area contributed by atoms with Gasteiger partial charge in [0, 0.05) is 11.1 Å². The van der Waals surface area contributed by atoms with Gasteiger partial charge in [0.05, 0.1) is 42.0 Å². The third-order valence-electron chi connectivity index (χ3n) is 8.37. The smallest absolute Gasteiger partial charge is 0.337 e. The van der Waals surface area contributed by atoms with E-state index in [1.165, 1.54) is 126 Å². The van der Waals surface area contributed by atoms with Gasteiger partial charge in [-0.25, -0.2) is 13.2 Å². The minimum Gasteiger partial charge on any atom is -0.545 e. The quantitative estimate of drug-likeness (QED) is 0.0905. The maximum absolute atomic E-state index is 12.5. The Morgan fingerprint density at radius 1 is 0.617 bits per heavy atom. The summed E-state index contributed by atoms with van der Waals surface area (Å²) in [5, 5.41) is 20.1. The number of carbonyl (C=O) groups is 2. The molecule has 0 aromatic heterocycles. The van der Waals surface area contributed by atoms with Gasteiger partial charge in [-0.1, -0.05) is 145 Å². The Kier molecular flexibility index (Phi) is 18.1.